The molecule has 3 rings (SSSR count). The molecule has 0 radical (unpaired) electrons. The SMILES string of the molecule is Cc1ccc2cccc(OCCOc3ccc(Cl)c(C)c3)c2n1.O=C(O)C(=O)O. The second-order valence-electron chi connectivity index (χ2n) is 6.00. The molecule has 8 heteroatoms. The van der Waals surface area contributed by atoms with E-state index in [2.05, 4.69) is 11.1 Å². The van der Waals surface area contributed by atoms with Crippen LogP contribution in [0, 0.1) is 13.8 Å². The molecule has 0 aliphatic heterocycles. The van der Waals surface area contributed by atoms with Crippen LogP contribution in [0.1, 0.15) is 11.3 Å². The van der Waals surface area contributed by atoms with E-state index in [0.717, 1.165) is 38.7 Å². The van der Waals surface area contributed by atoms with Crippen LogP contribution in [0.4, 0.5) is 0 Å². The molecule has 0 aliphatic rings. The smallest absolute Gasteiger partial charge is 0.414 e. The number of aryl methyl sites for hydroxylation is 2. The van der Waals surface area contributed by atoms with Crippen molar-refractivity contribution in [1.29, 1.82) is 0 Å². The van der Waals surface area contributed by atoms with Gasteiger partial charge in [0.25, 0.3) is 0 Å². The normalized spacial score (nSPS) is 10.0. The number of carboxylic acid groups (broad SMARTS) is 2. The van der Waals surface area contributed by atoms with Crippen molar-refractivity contribution in [2.45, 2.75) is 13.8 Å². The highest BCUT2D eigenvalue weighted by atomic mass is 35.5. The second-order valence-corrected chi connectivity index (χ2v) is 6.41. The third-order valence-corrected chi connectivity index (χ3v) is 4.17. The number of rotatable bonds is 5. The van der Waals surface area contributed by atoms with Crippen LogP contribution in [0.3, 0.4) is 0 Å². The highest BCUT2D eigenvalue weighted by molar-refractivity contribution is 6.31. The van der Waals surface area contributed by atoms with Crippen LogP contribution in [-0.2, 0) is 9.59 Å². The van der Waals surface area contributed by atoms with Gasteiger partial charge in [-0.2, -0.15) is 0 Å². The molecule has 3 aromatic rings. The van der Waals surface area contributed by atoms with Crippen LogP contribution in [0.25, 0.3) is 10.9 Å². The van der Waals surface area contributed by atoms with Gasteiger partial charge in [0.05, 0.1) is 0 Å². The number of benzene rings is 2. The molecule has 152 valence electrons. The van der Waals surface area contributed by atoms with Crippen LogP contribution in [0.5, 0.6) is 11.5 Å². The number of fused-ring (bicyclic) bond motifs is 1. The van der Waals surface area contributed by atoms with E-state index < -0.39 is 11.9 Å². The minimum atomic E-state index is -1.82. The van der Waals surface area contributed by atoms with Crippen LogP contribution in [-0.4, -0.2) is 40.3 Å². The summed E-state index contributed by atoms with van der Waals surface area (Å²) in [6, 6.07) is 15.6. The lowest BCUT2D eigenvalue weighted by molar-refractivity contribution is -0.159. The van der Waals surface area contributed by atoms with E-state index in [1.165, 1.54) is 0 Å². The summed E-state index contributed by atoms with van der Waals surface area (Å²) in [4.78, 5) is 22.8. The summed E-state index contributed by atoms with van der Waals surface area (Å²) in [7, 11) is 0. The molecule has 1 heterocycles. The minimum absolute atomic E-state index is 0.455. The second kappa shape index (κ2) is 10.3. The first-order chi connectivity index (χ1) is 13.8. The number of hydrogen-bond acceptors (Lipinski definition) is 5. The van der Waals surface area contributed by atoms with Gasteiger partial charge < -0.3 is 19.7 Å². The maximum Gasteiger partial charge on any atom is 0.414 e. The topological polar surface area (TPSA) is 106 Å². The summed E-state index contributed by atoms with van der Waals surface area (Å²) in [6.07, 6.45) is 0. The first-order valence-corrected chi connectivity index (χ1v) is 9.00. The molecule has 1 aromatic heterocycles. The molecule has 2 N–H and O–H groups in total. The van der Waals surface area contributed by atoms with E-state index in [0.29, 0.717) is 13.2 Å². The molecule has 0 unspecified atom stereocenters. The Hall–Kier alpha value is -3.32. The largest absolute Gasteiger partial charge is 0.490 e. The Morgan fingerprint density at radius 1 is 0.966 bits per heavy atom. The average Bonchev–Trinajstić information content (AvgIpc) is 2.68. The summed E-state index contributed by atoms with van der Waals surface area (Å²) in [5, 5.41) is 16.6. The van der Waals surface area contributed by atoms with Crippen molar-refractivity contribution >= 4 is 34.4 Å². The number of hydrogen-bond donors (Lipinski definition) is 2. The van der Waals surface area contributed by atoms with E-state index in [1.807, 2.05) is 56.3 Å². The van der Waals surface area contributed by atoms with Crippen LogP contribution in [0.15, 0.2) is 48.5 Å². The first kappa shape index (κ1) is 22.0. The Bertz CT molecular complexity index is 1010. The highest BCUT2D eigenvalue weighted by Crippen LogP contribution is 2.24. The number of para-hydroxylation sites is 1. The lowest BCUT2D eigenvalue weighted by atomic mass is 10.2. The van der Waals surface area contributed by atoms with E-state index in [4.69, 9.17) is 40.9 Å². The lowest BCUT2D eigenvalue weighted by Crippen LogP contribution is -2.09. The lowest BCUT2D eigenvalue weighted by Gasteiger charge is -2.11. The number of carbonyl (C=O) groups is 2. The number of nitrogens with zero attached hydrogens (tertiary/aromatic N) is 1. The molecule has 0 bridgehead atoms. The van der Waals surface area contributed by atoms with Gasteiger partial charge in [-0.3, -0.25) is 0 Å². The molecule has 0 spiro atoms. The summed E-state index contributed by atoms with van der Waals surface area (Å²) in [5.74, 6) is -2.07. The third-order valence-electron chi connectivity index (χ3n) is 3.74. The van der Waals surface area contributed by atoms with Crippen molar-refractivity contribution in [3.8, 4) is 11.5 Å². The van der Waals surface area contributed by atoms with E-state index in [9.17, 15) is 0 Å². The van der Waals surface area contributed by atoms with Crippen molar-refractivity contribution < 1.29 is 29.3 Å². The molecule has 0 fully saturated rings. The van der Waals surface area contributed by atoms with Crippen molar-refractivity contribution in [1.82, 2.24) is 4.98 Å². The van der Waals surface area contributed by atoms with Crippen LogP contribution >= 0.6 is 11.6 Å². The average molecular weight is 418 g/mol. The van der Waals surface area contributed by atoms with Gasteiger partial charge in [-0.05, 0) is 49.7 Å². The Labute approximate surface area is 172 Å². The Kier molecular flexibility index (Phi) is 7.79. The molecular weight excluding hydrogens is 398 g/mol. The Balaban J connectivity index is 0.000000438. The number of aliphatic carboxylic acids is 2. The van der Waals surface area contributed by atoms with E-state index >= 15 is 0 Å². The number of aromatic nitrogens is 1. The quantitative estimate of drug-likeness (QED) is 0.475. The fraction of sp³-hybridized carbons (Fsp3) is 0.190. The molecule has 0 saturated heterocycles. The highest BCUT2D eigenvalue weighted by Gasteiger charge is 2.05. The van der Waals surface area contributed by atoms with Crippen molar-refractivity contribution in [3.05, 3.63) is 64.8 Å². The zero-order valence-electron chi connectivity index (χ0n) is 15.9. The first-order valence-electron chi connectivity index (χ1n) is 8.62. The minimum Gasteiger partial charge on any atom is -0.490 e. The van der Waals surface area contributed by atoms with Gasteiger partial charge in [0.2, 0.25) is 0 Å². The molecular formula is C21H20ClNO6. The van der Waals surface area contributed by atoms with Gasteiger partial charge in [-0.25, -0.2) is 14.6 Å². The molecule has 0 amide bonds. The van der Waals surface area contributed by atoms with Gasteiger partial charge in [0.1, 0.15) is 30.2 Å². The zero-order valence-corrected chi connectivity index (χ0v) is 16.6. The molecule has 2 aromatic carbocycles. The molecule has 0 aliphatic carbocycles. The molecule has 7 nitrogen and oxygen atoms in total. The fourth-order valence-corrected chi connectivity index (χ4v) is 2.47. The summed E-state index contributed by atoms with van der Waals surface area (Å²) >= 11 is 6.00. The van der Waals surface area contributed by atoms with Gasteiger partial charge in [-0.1, -0.05) is 29.8 Å². The maximum atomic E-state index is 9.10. The van der Waals surface area contributed by atoms with E-state index in [1.54, 1.807) is 0 Å². The number of ether oxygens (including phenoxy) is 2. The van der Waals surface area contributed by atoms with Crippen molar-refractivity contribution in [3.63, 3.8) is 0 Å². The zero-order chi connectivity index (χ0) is 21.4. The molecule has 0 atom stereocenters. The van der Waals surface area contributed by atoms with Gasteiger partial charge in [0.15, 0.2) is 0 Å². The number of carboxylic acids is 2. The summed E-state index contributed by atoms with van der Waals surface area (Å²) in [6.45, 7) is 4.84. The van der Waals surface area contributed by atoms with Crippen LogP contribution in [0.2, 0.25) is 5.02 Å². The van der Waals surface area contributed by atoms with Gasteiger partial charge in [-0.15, -0.1) is 0 Å². The maximum absolute atomic E-state index is 9.10. The monoisotopic (exact) mass is 417 g/mol. The molecule has 29 heavy (non-hydrogen) atoms. The van der Waals surface area contributed by atoms with Gasteiger partial charge >= 0.3 is 11.9 Å². The number of pyridine rings is 1. The van der Waals surface area contributed by atoms with Crippen LogP contribution < -0.4 is 9.47 Å². The Morgan fingerprint density at radius 2 is 1.66 bits per heavy atom. The van der Waals surface area contributed by atoms with Crippen molar-refractivity contribution in [2.75, 3.05) is 13.2 Å². The van der Waals surface area contributed by atoms with Crippen molar-refractivity contribution in [2.24, 2.45) is 0 Å². The van der Waals surface area contributed by atoms with Gasteiger partial charge in [0, 0.05) is 16.1 Å². The summed E-state index contributed by atoms with van der Waals surface area (Å²) in [5.41, 5.74) is 2.86. The van der Waals surface area contributed by atoms with E-state index in [-0.39, 0.29) is 0 Å². The Morgan fingerprint density at radius 3 is 2.31 bits per heavy atom. The molecule has 0 saturated carbocycles. The predicted molar refractivity (Wildman–Crippen MR) is 109 cm³/mol. The standard InChI is InChI=1S/C19H18ClNO2.C2H2O4/c1-13-12-16(8-9-17(13)20)22-10-11-23-18-5-3-4-15-7-6-14(2)21-19(15)18;3-1(4)2(5)6/h3-9,12H,10-11H2,1-2H3;(H,3,4)(H,5,6). The number of halogens is 1. The fourth-order valence-electron chi connectivity index (χ4n) is 2.35. The third kappa shape index (κ3) is 6.65. The summed E-state index contributed by atoms with van der Waals surface area (Å²) < 4.78 is 11.5. The predicted octanol–water partition coefficient (Wildman–Crippen LogP) is 4.12.